The van der Waals surface area contributed by atoms with Crippen LogP contribution in [0.5, 0.6) is 0 Å². The van der Waals surface area contributed by atoms with Crippen LogP contribution in [0.4, 0.5) is 0 Å². The SMILES string of the molecule is CC1CCCCC=CCCCCCCCC(=O)O1. The largest absolute Gasteiger partial charge is 0.463 e. The molecule has 1 aliphatic rings. The molecular weight excluding hydrogens is 224 g/mol. The maximum Gasteiger partial charge on any atom is 0.306 e. The van der Waals surface area contributed by atoms with Gasteiger partial charge >= 0.3 is 5.97 Å². The Bertz CT molecular complexity index is 245. The minimum absolute atomic E-state index is 0.00510. The fraction of sp³-hybridized carbons (Fsp3) is 0.812. The third-order valence-corrected chi connectivity index (χ3v) is 3.48. The van der Waals surface area contributed by atoms with Crippen LogP contribution in [0.25, 0.3) is 0 Å². The standard InChI is InChI=1S/C16H28O2/c1-15-13-11-9-7-5-3-2-4-6-8-10-12-14-16(17)18-15/h3,5,15H,2,4,6-14H2,1H3. The molecular formula is C16H28O2. The van der Waals surface area contributed by atoms with Crippen molar-refractivity contribution >= 4 is 5.97 Å². The summed E-state index contributed by atoms with van der Waals surface area (Å²) in [4.78, 5) is 11.6. The Labute approximate surface area is 112 Å². The van der Waals surface area contributed by atoms with E-state index in [1.165, 1.54) is 38.5 Å². The Morgan fingerprint density at radius 2 is 1.56 bits per heavy atom. The molecule has 0 aromatic carbocycles. The summed E-state index contributed by atoms with van der Waals surface area (Å²) in [5.74, 6) is -0.00510. The van der Waals surface area contributed by atoms with Crippen LogP contribution in [0, 0.1) is 0 Å². The van der Waals surface area contributed by atoms with Crippen LogP contribution in [0.15, 0.2) is 12.2 Å². The van der Waals surface area contributed by atoms with E-state index in [0.717, 1.165) is 25.7 Å². The van der Waals surface area contributed by atoms with Gasteiger partial charge in [-0.1, -0.05) is 31.4 Å². The number of hydrogen-bond acceptors (Lipinski definition) is 2. The van der Waals surface area contributed by atoms with Crippen molar-refractivity contribution in [2.24, 2.45) is 0 Å². The van der Waals surface area contributed by atoms with Crippen LogP contribution >= 0.6 is 0 Å². The molecule has 1 unspecified atom stereocenters. The van der Waals surface area contributed by atoms with E-state index in [4.69, 9.17) is 4.74 Å². The topological polar surface area (TPSA) is 26.3 Å². The molecule has 0 aromatic rings. The zero-order valence-corrected chi connectivity index (χ0v) is 11.8. The van der Waals surface area contributed by atoms with Gasteiger partial charge in [0.25, 0.3) is 0 Å². The van der Waals surface area contributed by atoms with Gasteiger partial charge in [-0.2, -0.15) is 0 Å². The summed E-state index contributed by atoms with van der Waals surface area (Å²) < 4.78 is 5.39. The molecule has 0 amide bonds. The first kappa shape index (κ1) is 15.3. The second-order valence-corrected chi connectivity index (χ2v) is 5.36. The summed E-state index contributed by atoms with van der Waals surface area (Å²) in [7, 11) is 0. The van der Waals surface area contributed by atoms with Crippen LogP contribution in [0.1, 0.15) is 77.6 Å². The lowest BCUT2D eigenvalue weighted by atomic mass is 10.1. The molecule has 1 heterocycles. The zero-order chi connectivity index (χ0) is 13.1. The lowest BCUT2D eigenvalue weighted by Gasteiger charge is -2.13. The number of carbonyl (C=O) groups excluding carboxylic acids is 1. The van der Waals surface area contributed by atoms with E-state index in [1.807, 2.05) is 6.92 Å². The highest BCUT2D eigenvalue weighted by atomic mass is 16.5. The van der Waals surface area contributed by atoms with Gasteiger partial charge in [-0.3, -0.25) is 4.79 Å². The molecule has 0 fully saturated rings. The maximum atomic E-state index is 11.6. The van der Waals surface area contributed by atoms with E-state index >= 15 is 0 Å². The molecule has 0 spiro atoms. The number of allylic oxidation sites excluding steroid dienone is 2. The molecule has 1 aliphatic heterocycles. The van der Waals surface area contributed by atoms with Crippen molar-refractivity contribution in [2.75, 3.05) is 0 Å². The maximum absolute atomic E-state index is 11.6. The molecule has 0 N–H and O–H groups in total. The Kier molecular flexibility index (Phi) is 8.62. The summed E-state index contributed by atoms with van der Waals surface area (Å²) in [6.07, 6.45) is 17.0. The summed E-state index contributed by atoms with van der Waals surface area (Å²) in [6.45, 7) is 2.01. The summed E-state index contributed by atoms with van der Waals surface area (Å²) in [5.41, 5.74) is 0. The highest BCUT2D eigenvalue weighted by Gasteiger charge is 2.08. The molecule has 0 radical (unpaired) electrons. The van der Waals surface area contributed by atoms with Crippen LogP contribution in [0.2, 0.25) is 0 Å². The van der Waals surface area contributed by atoms with E-state index in [-0.39, 0.29) is 12.1 Å². The number of carbonyl (C=O) groups is 1. The van der Waals surface area contributed by atoms with Gasteiger partial charge in [0.2, 0.25) is 0 Å². The first-order valence-corrected chi connectivity index (χ1v) is 7.63. The van der Waals surface area contributed by atoms with Crippen molar-refractivity contribution in [3.8, 4) is 0 Å². The highest BCUT2D eigenvalue weighted by molar-refractivity contribution is 5.69. The number of hydrogen-bond donors (Lipinski definition) is 0. The Hall–Kier alpha value is -0.790. The molecule has 0 saturated heterocycles. The van der Waals surface area contributed by atoms with E-state index in [1.54, 1.807) is 0 Å². The molecule has 0 bridgehead atoms. The quantitative estimate of drug-likeness (QED) is 0.458. The van der Waals surface area contributed by atoms with Crippen molar-refractivity contribution in [1.29, 1.82) is 0 Å². The first-order chi connectivity index (χ1) is 8.79. The minimum atomic E-state index is -0.00510. The van der Waals surface area contributed by atoms with Crippen molar-refractivity contribution in [2.45, 2.75) is 83.7 Å². The minimum Gasteiger partial charge on any atom is -0.463 e. The Balaban J connectivity index is 2.28. The Morgan fingerprint density at radius 3 is 2.33 bits per heavy atom. The van der Waals surface area contributed by atoms with Gasteiger partial charge in [0, 0.05) is 6.42 Å². The average molecular weight is 252 g/mol. The smallest absolute Gasteiger partial charge is 0.306 e. The van der Waals surface area contributed by atoms with Gasteiger partial charge in [0.15, 0.2) is 0 Å². The normalized spacial score (nSPS) is 25.6. The predicted molar refractivity (Wildman–Crippen MR) is 75.5 cm³/mol. The van der Waals surface area contributed by atoms with Crippen molar-refractivity contribution in [3.63, 3.8) is 0 Å². The first-order valence-electron chi connectivity index (χ1n) is 7.63. The average Bonchev–Trinajstić information content (AvgIpc) is 2.33. The second kappa shape index (κ2) is 10.2. The van der Waals surface area contributed by atoms with Gasteiger partial charge in [0.05, 0.1) is 6.10 Å². The van der Waals surface area contributed by atoms with E-state index in [9.17, 15) is 4.79 Å². The van der Waals surface area contributed by atoms with Gasteiger partial charge in [0.1, 0.15) is 0 Å². The van der Waals surface area contributed by atoms with Crippen LogP contribution < -0.4 is 0 Å². The third kappa shape index (κ3) is 8.32. The molecule has 18 heavy (non-hydrogen) atoms. The monoisotopic (exact) mass is 252 g/mol. The highest BCUT2D eigenvalue weighted by Crippen LogP contribution is 2.12. The predicted octanol–water partition coefficient (Wildman–Crippen LogP) is 4.78. The van der Waals surface area contributed by atoms with Crippen LogP contribution in [-0.4, -0.2) is 12.1 Å². The molecule has 1 atom stereocenters. The van der Waals surface area contributed by atoms with Crippen LogP contribution in [-0.2, 0) is 9.53 Å². The molecule has 2 heteroatoms. The lowest BCUT2D eigenvalue weighted by molar-refractivity contribution is -0.148. The van der Waals surface area contributed by atoms with Gasteiger partial charge in [-0.05, 0) is 51.9 Å². The Morgan fingerprint density at radius 1 is 0.944 bits per heavy atom. The summed E-state index contributed by atoms with van der Waals surface area (Å²) in [6, 6.07) is 0. The van der Waals surface area contributed by atoms with E-state index < -0.39 is 0 Å². The fourth-order valence-electron chi connectivity index (χ4n) is 2.33. The van der Waals surface area contributed by atoms with Gasteiger partial charge in [-0.15, -0.1) is 0 Å². The second-order valence-electron chi connectivity index (χ2n) is 5.36. The molecule has 0 aliphatic carbocycles. The van der Waals surface area contributed by atoms with Crippen LogP contribution in [0.3, 0.4) is 0 Å². The fourth-order valence-corrected chi connectivity index (χ4v) is 2.33. The van der Waals surface area contributed by atoms with Gasteiger partial charge < -0.3 is 4.74 Å². The van der Waals surface area contributed by atoms with E-state index in [0.29, 0.717) is 6.42 Å². The zero-order valence-electron chi connectivity index (χ0n) is 11.8. The molecule has 1 rings (SSSR count). The van der Waals surface area contributed by atoms with Crippen molar-refractivity contribution < 1.29 is 9.53 Å². The summed E-state index contributed by atoms with van der Waals surface area (Å²) in [5, 5.41) is 0. The lowest BCUT2D eigenvalue weighted by Crippen LogP contribution is -2.14. The molecule has 2 nitrogen and oxygen atoms in total. The number of ether oxygens (including phenoxy) is 1. The van der Waals surface area contributed by atoms with Gasteiger partial charge in [-0.25, -0.2) is 0 Å². The molecule has 0 aromatic heterocycles. The van der Waals surface area contributed by atoms with E-state index in [2.05, 4.69) is 12.2 Å². The number of cyclic esters (lactones) is 1. The number of esters is 1. The van der Waals surface area contributed by atoms with Crippen molar-refractivity contribution in [3.05, 3.63) is 12.2 Å². The molecule has 104 valence electrons. The van der Waals surface area contributed by atoms with Crippen molar-refractivity contribution in [1.82, 2.24) is 0 Å². The summed E-state index contributed by atoms with van der Waals surface area (Å²) >= 11 is 0. The molecule has 0 saturated carbocycles. The number of rotatable bonds is 0. The third-order valence-electron chi connectivity index (χ3n) is 3.48.